The van der Waals surface area contributed by atoms with Crippen LogP contribution in [0, 0.1) is 4.78 Å². The molecule has 10 heteroatoms. The average Bonchev–Trinajstić information content (AvgIpc) is 2.88. The smallest absolute Gasteiger partial charge is 0.233 e. The first-order valence-electron chi connectivity index (χ1n) is 7.90. The summed E-state index contributed by atoms with van der Waals surface area (Å²) in [6.07, 6.45) is 0.615. The highest BCUT2D eigenvalue weighted by atomic mass is 35.5. The maximum atomic E-state index is 12.5. The van der Waals surface area contributed by atoms with Crippen molar-refractivity contribution in [1.82, 2.24) is 9.97 Å². The summed E-state index contributed by atoms with van der Waals surface area (Å²) in [5, 5.41) is 0.673. The van der Waals surface area contributed by atoms with Crippen LogP contribution in [0.5, 0.6) is 0 Å². The number of carbonyl (C=O) groups is 1. The largest absolute Gasteiger partial charge is 0.383 e. The Morgan fingerprint density at radius 2 is 2.04 bits per heavy atom. The number of nitrogens with two attached hydrogens (primary N) is 1. The Balaban J connectivity index is 2.02. The van der Waals surface area contributed by atoms with Gasteiger partial charge in [-0.2, -0.15) is 0 Å². The van der Waals surface area contributed by atoms with Gasteiger partial charge in [-0.25, -0.2) is 19.0 Å². The highest BCUT2D eigenvalue weighted by Gasteiger charge is 2.33. The Morgan fingerprint density at radius 3 is 2.69 bits per heavy atom. The Kier molecular flexibility index (Phi) is 5.09. The summed E-state index contributed by atoms with van der Waals surface area (Å²) in [6.45, 7) is 2.04. The summed E-state index contributed by atoms with van der Waals surface area (Å²) in [6, 6.07) is 5.08. The minimum Gasteiger partial charge on any atom is -0.383 e. The molecule has 1 aliphatic rings. The predicted octanol–water partition coefficient (Wildman–Crippen LogP) is 3.27. The number of benzene rings is 1. The Labute approximate surface area is 161 Å². The van der Waals surface area contributed by atoms with E-state index in [2.05, 4.69) is 9.97 Å². The van der Waals surface area contributed by atoms with E-state index >= 15 is 0 Å². The van der Waals surface area contributed by atoms with Crippen LogP contribution in [-0.2, 0) is 27.5 Å². The van der Waals surface area contributed by atoms with E-state index in [-0.39, 0.29) is 35.6 Å². The second-order valence-electron chi connectivity index (χ2n) is 5.98. The molecule has 0 fully saturated rings. The van der Waals surface area contributed by atoms with Crippen LogP contribution in [0.25, 0.3) is 0 Å². The lowest BCUT2D eigenvalue weighted by Gasteiger charge is -2.18. The average molecular weight is 414 g/mol. The van der Waals surface area contributed by atoms with Gasteiger partial charge in [0.2, 0.25) is 11.1 Å². The molecular weight excluding hydrogens is 397 g/mol. The number of anilines is 2. The van der Waals surface area contributed by atoms with Crippen LogP contribution in [0.15, 0.2) is 23.4 Å². The molecule has 1 aliphatic heterocycles. The van der Waals surface area contributed by atoms with Crippen LogP contribution in [0.3, 0.4) is 0 Å². The van der Waals surface area contributed by atoms with Crippen molar-refractivity contribution in [2.75, 3.05) is 16.4 Å². The number of halogens is 2. The van der Waals surface area contributed by atoms with Gasteiger partial charge in [0.25, 0.3) is 0 Å². The first kappa shape index (κ1) is 18.9. The zero-order chi connectivity index (χ0) is 19.1. The number of nitrogen functional groups attached to an aromatic ring is 1. The molecule has 0 bridgehead atoms. The van der Waals surface area contributed by atoms with Crippen LogP contribution < -0.4 is 10.6 Å². The third kappa shape index (κ3) is 3.49. The Bertz CT molecular complexity index is 994. The van der Waals surface area contributed by atoms with E-state index in [9.17, 15) is 9.00 Å². The maximum absolute atomic E-state index is 12.5. The van der Waals surface area contributed by atoms with E-state index in [4.69, 9.17) is 33.7 Å². The van der Waals surface area contributed by atoms with Gasteiger partial charge in [0.05, 0.1) is 23.0 Å². The molecule has 2 heterocycles. The molecule has 2 aromatic rings. The SMILES string of the molecule is CCCS(=N)(=O)c1nc(N)c2c(n1)N(Cc1ccc(Cl)c(Cl)c1)C(=O)C2. The number of amides is 1. The van der Waals surface area contributed by atoms with E-state index in [1.807, 2.05) is 6.92 Å². The summed E-state index contributed by atoms with van der Waals surface area (Å²) in [7, 11) is -3.16. The molecule has 3 rings (SSSR count). The molecule has 1 unspecified atom stereocenters. The number of carbonyl (C=O) groups excluding carboxylic acids is 1. The van der Waals surface area contributed by atoms with Gasteiger partial charge in [-0.3, -0.25) is 9.69 Å². The maximum Gasteiger partial charge on any atom is 0.233 e. The van der Waals surface area contributed by atoms with Gasteiger partial charge >= 0.3 is 0 Å². The molecule has 26 heavy (non-hydrogen) atoms. The molecule has 0 spiro atoms. The van der Waals surface area contributed by atoms with Gasteiger partial charge in [0.15, 0.2) is 0 Å². The van der Waals surface area contributed by atoms with Crippen molar-refractivity contribution in [2.24, 2.45) is 0 Å². The van der Waals surface area contributed by atoms with Crippen molar-refractivity contribution in [3.8, 4) is 0 Å². The highest BCUT2D eigenvalue weighted by Crippen LogP contribution is 2.33. The topological polar surface area (TPSA) is 113 Å². The van der Waals surface area contributed by atoms with E-state index < -0.39 is 9.73 Å². The van der Waals surface area contributed by atoms with E-state index in [1.165, 1.54) is 4.90 Å². The molecule has 3 N–H and O–H groups in total. The molecule has 0 radical (unpaired) electrons. The zero-order valence-corrected chi connectivity index (χ0v) is 16.3. The molecular formula is C16H17Cl2N5O2S. The van der Waals surface area contributed by atoms with Crippen molar-refractivity contribution in [3.05, 3.63) is 39.4 Å². The van der Waals surface area contributed by atoms with Gasteiger partial charge in [-0.1, -0.05) is 36.2 Å². The first-order valence-corrected chi connectivity index (χ1v) is 10.4. The van der Waals surface area contributed by atoms with E-state index in [0.29, 0.717) is 27.8 Å². The minimum absolute atomic E-state index is 0.0652. The Hall–Kier alpha value is -1.90. The lowest BCUT2D eigenvalue weighted by Crippen LogP contribution is -2.27. The number of rotatable bonds is 5. The normalized spacial score (nSPS) is 15.8. The highest BCUT2D eigenvalue weighted by molar-refractivity contribution is 7.92. The molecule has 1 aromatic carbocycles. The van der Waals surface area contributed by atoms with E-state index in [0.717, 1.165) is 5.56 Å². The van der Waals surface area contributed by atoms with Crippen LogP contribution in [0.2, 0.25) is 10.0 Å². The summed E-state index contributed by atoms with van der Waals surface area (Å²) >= 11 is 12.0. The van der Waals surface area contributed by atoms with Gasteiger partial charge in [0.1, 0.15) is 21.4 Å². The fraction of sp³-hybridized carbons (Fsp3) is 0.312. The molecule has 1 atom stereocenters. The predicted molar refractivity (Wildman–Crippen MR) is 102 cm³/mol. The number of aromatic nitrogens is 2. The number of nitrogens with one attached hydrogen (secondary N) is 1. The summed E-state index contributed by atoms with van der Waals surface area (Å²) in [4.78, 5) is 22.2. The third-order valence-electron chi connectivity index (χ3n) is 3.99. The number of fused-ring (bicyclic) bond motifs is 1. The van der Waals surface area contributed by atoms with Crippen molar-refractivity contribution < 1.29 is 9.00 Å². The van der Waals surface area contributed by atoms with Crippen LogP contribution in [-0.4, -0.2) is 25.8 Å². The molecule has 1 amide bonds. The van der Waals surface area contributed by atoms with Crippen molar-refractivity contribution in [2.45, 2.75) is 31.5 Å². The lowest BCUT2D eigenvalue weighted by atomic mass is 10.2. The number of nitrogens with zero attached hydrogens (tertiary/aromatic N) is 3. The Morgan fingerprint density at radius 1 is 1.31 bits per heavy atom. The zero-order valence-electron chi connectivity index (χ0n) is 14.0. The van der Waals surface area contributed by atoms with Crippen LogP contribution >= 0.6 is 23.2 Å². The second kappa shape index (κ2) is 7.02. The van der Waals surface area contributed by atoms with Crippen molar-refractivity contribution >= 4 is 50.5 Å². The summed E-state index contributed by atoms with van der Waals surface area (Å²) in [5.41, 5.74) is 7.20. The number of hydrogen-bond acceptors (Lipinski definition) is 6. The van der Waals surface area contributed by atoms with E-state index in [1.54, 1.807) is 18.2 Å². The van der Waals surface area contributed by atoms with Crippen LogP contribution in [0.1, 0.15) is 24.5 Å². The van der Waals surface area contributed by atoms with Crippen LogP contribution in [0.4, 0.5) is 11.6 Å². The third-order valence-corrected chi connectivity index (χ3v) is 6.49. The van der Waals surface area contributed by atoms with Crippen molar-refractivity contribution in [1.29, 1.82) is 4.78 Å². The minimum atomic E-state index is -3.16. The lowest BCUT2D eigenvalue weighted by molar-refractivity contribution is -0.117. The summed E-state index contributed by atoms with van der Waals surface area (Å²) < 4.78 is 20.5. The first-order chi connectivity index (χ1) is 12.2. The molecule has 1 aromatic heterocycles. The fourth-order valence-corrected chi connectivity index (χ4v) is 4.29. The monoisotopic (exact) mass is 413 g/mol. The van der Waals surface area contributed by atoms with Gasteiger partial charge in [0, 0.05) is 11.3 Å². The number of hydrogen-bond donors (Lipinski definition) is 2. The standard InChI is InChI=1S/C16H17Cl2N5O2S/c1-2-5-26(20,25)16-21-14(19)10-7-13(24)23(15(10)22-16)8-9-3-4-11(17)12(18)6-9/h3-4,6,20H,2,5,7-8H2,1H3,(H2,19,21,22). The quantitative estimate of drug-likeness (QED) is 0.729. The second-order valence-corrected chi connectivity index (χ2v) is 8.92. The summed E-state index contributed by atoms with van der Waals surface area (Å²) in [5.74, 6) is 0.327. The van der Waals surface area contributed by atoms with Crippen molar-refractivity contribution in [3.63, 3.8) is 0 Å². The molecule has 7 nitrogen and oxygen atoms in total. The molecule has 0 saturated heterocycles. The molecule has 0 aliphatic carbocycles. The van der Waals surface area contributed by atoms with Gasteiger partial charge in [-0.15, -0.1) is 0 Å². The molecule has 138 valence electrons. The fourth-order valence-electron chi connectivity index (χ4n) is 2.74. The van der Waals surface area contributed by atoms with Gasteiger partial charge in [-0.05, 0) is 24.1 Å². The van der Waals surface area contributed by atoms with Gasteiger partial charge < -0.3 is 5.73 Å². The molecule has 0 saturated carbocycles.